The van der Waals surface area contributed by atoms with Crippen LogP contribution in [0.3, 0.4) is 0 Å². The maximum Gasteiger partial charge on any atom is 0.0850 e. The van der Waals surface area contributed by atoms with Gasteiger partial charge in [-0.3, -0.25) is 0 Å². The van der Waals surface area contributed by atoms with E-state index in [2.05, 4.69) is 18.2 Å². The van der Waals surface area contributed by atoms with Gasteiger partial charge in [0.1, 0.15) is 0 Å². The lowest BCUT2D eigenvalue weighted by Crippen LogP contribution is -2.38. The molecule has 0 amide bonds. The molecule has 2 atom stereocenters. The van der Waals surface area contributed by atoms with Crippen LogP contribution < -0.4 is 0 Å². The Morgan fingerprint density at radius 3 is 1.88 bits per heavy atom. The van der Waals surface area contributed by atoms with Crippen LogP contribution >= 0.6 is 0 Å². The Bertz CT molecular complexity index is 357. The third kappa shape index (κ3) is 4.14. The molecule has 2 N–H and O–H groups in total. The lowest BCUT2D eigenvalue weighted by Gasteiger charge is -2.30. The van der Waals surface area contributed by atoms with Crippen LogP contribution in [0.2, 0.25) is 0 Å². The average Bonchev–Trinajstić information content (AvgIpc) is 2.13. The second kappa shape index (κ2) is 5.19. The zero-order valence-electron chi connectivity index (χ0n) is 11.5. The van der Waals surface area contributed by atoms with Crippen molar-refractivity contribution in [3.63, 3.8) is 0 Å². The Morgan fingerprint density at radius 2 is 1.47 bits per heavy atom. The number of hydrogen-bond acceptors (Lipinski definition) is 2. The number of benzene rings is 1. The molecule has 0 radical (unpaired) electrons. The van der Waals surface area contributed by atoms with Crippen LogP contribution in [0, 0.1) is 19.3 Å². The van der Waals surface area contributed by atoms with Crippen LogP contribution in [0.25, 0.3) is 0 Å². The molecule has 0 aliphatic rings. The highest BCUT2D eigenvalue weighted by molar-refractivity contribution is 5.29. The minimum absolute atomic E-state index is 0.293. The normalized spacial score (nSPS) is 15.7. The van der Waals surface area contributed by atoms with E-state index in [-0.39, 0.29) is 5.41 Å². The van der Waals surface area contributed by atoms with E-state index in [0.29, 0.717) is 6.42 Å². The quantitative estimate of drug-likeness (QED) is 0.847. The molecule has 1 aromatic rings. The first-order valence-electron chi connectivity index (χ1n) is 6.13. The van der Waals surface area contributed by atoms with Crippen molar-refractivity contribution in [1.29, 1.82) is 0 Å². The smallest absolute Gasteiger partial charge is 0.0850 e. The van der Waals surface area contributed by atoms with Crippen LogP contribution in [-0.4, -0.2) is 22.4 Å². The van der Waals surface area contributed by atoms with Crippen molar-refractivity contribution in [2.24, 2.45) is 5.41 Å². The van der Waals surface area contributed by atoms with Gasteiger partial charge in [-0.15, -0.1) is 0 Å². The molecule has 0 aliphatic heterocycles. The van der Waals surface area contributed by atoms with Crippen LogP contribution in [0.15, 0.2) is 18.2 Å². The van der Waals surface area contributed by atoms with Gasteiger partial charge in [-0.1, -0.05) is 50.1 Å². The van der Waals surface area contributed by atoms with E-state index >= 15 is 0 Å². The zero-order chi connectivity index (χ0) is 13.2. The SMILES string of the molecule is Cc1cc(C)cc(CC(O)C(O)C(C)(C)C)c1. The summed E-state index contributed by atoms with van der Waals surface area (Å²) in [4.78, 5) is 0. The summed E-state index contributed by atoms with van der Waals surface area (Å²) in [5, 5.41) is 20.0. The summed E-state index contributed by atoms with van der Waals surface area (Å²) in [5.74, 6) is 0. The molecule has 2 heteroatoms. The third-order valence-corrected chi connectivity index (χ3v) is 2.98. The summed E-state index contributed by atoms with van der Waals surface area (Å²) in [5.41, 5.74) is 3.17. The zero-order valence-corrected chi connectivity index (χ0v) is 11.5. The third-order valence-electron chi connectivity index (χ3n) is 2.98. The molecule has 2 nitrogen and oxygen atoms in total. The molecule has 1 rings (SSSR count). The Hall–Kier alpha value is -0.860. The fourth-order valence-electron chi connectivity index (χ4n) is 2.12. The van der Waals surface area contributed by atoms with Gasteiger partial charge in [0.15, 0.2) is 0 Å². The standard InChI is InChI=1S/C15H24O2/c1-10-6-11(2)8-12(7-10)9-13(16)14(17)15(3,4)5/h6-8,13-14,16-17H,9H2,1-5H3. The van der Waals surface area contributed by atoms with Gasteiger partial charge >= 0.3 is 0 Å². The minimum atomic E-state index is -0.712. The molecular formula is C15H24O2. The van der Waals surface area contributed by atoms with Gasteiger partial charge in [0.05, 0.1) is 12.2 Å². The molecule has 0 spiro atoms. The summed E-state index contributed by atoms with van der Waals surface area (Å²) in [6, 6.07) is 6.23. The van der Waals surface area contributed by atoms with Gasteiger partial charge in [-0.2, -0.15) is 0 Å². The monoisotopic (exact) mass is 236 g/mol. The molecule has 0 saturated heterocycles. The van der Waals surface area contributed by atoms with E-state index in [4.69, 9.17) is 0 Å². The number of aliphatic hydroxyl groups excluding tert-OH is 2. The molecule has 0 saturated carbocycles. The van der Waals surface area contributed by atoms with Gasteiger partial charge in [0.25, 0.3) is 0 Å². The number of hydrogen-bond donors (Lipinski definition) is 2. The average molecular weight is 236 g/mol. The lowest BCUT2D eigenvalue weighted by molar-refractivity contribution is -0.0434. The predicted molar refractivity (Wildman–Crippen MR) is 71.1 cm³/mol. The van der Waals surface area contributed by atoms with Crippen LogP contribution in [0.1, 0.15) is 37.5 Å². The van der Waals surface area contributed by atoms with E-state index in [0.717, 1.165) is 5.56 Å². The molecule has 96 valence electrons. The first-order chi connectivity index (χ1) is 7.70. The van der Waals surface area contributed by atoms with E-state index in [1.54, 1.807) is 0 Å². The van der Waals surface area contributed by atoms with Crippen LogP contribution in [0.5, 0.6) is 0 Å². The first kappa shape index (κ1) is 14.2. The molecule has 0 aliphatic carbocycles. The minimum Gasteiger partial charge on any atom is -0.390 e. The molecule has 0 bridgehead atoms. The summed E-state index contributed by atoms with van der Waals surface area (Å²) < 4.78 is 0. The van der Waals surface area contributed by atoms with E-state index in [1.165, 1.54) is 11.1 Å². The van der Waals surface area contributed by atoms with E-state index in [9.17, 15) is 10.2 Å². The number of rotatable bonds is 3. The predicted octanol–water partition coefficient (Wildman–Crippen LogP) is 2.61. The molecule has 2 unspecified atom stereocenters. The van der Waals surface area contributed by atoms with Gasteiger partial charge in [0, 0.05) is 6.42 Å². The molecule has 0 heterocycles. The van der Waals surface area contributed by atoms with Gasteiger partial charge in [-0.25, -0.2) is 0 Å². The number of aryl methyl sites for hydroxylation is 2. The van der Waals surface area contributed by atoms with Gasteiger partial charge in [0.2, 0.25) is 0 Å². The van der Waals surface area contributed by atoms with Crippen molar-refractivity contribution in [1.82, 2.24) is 0 Å². The second-order valence-corrected chi connectivity index (χ2v) is 6.08. The summed E-state index contributed by atoms with van der Waals surface area (Å²) >= 11 is 0. The van der Waals surface area contributed by atoms with Crippen LogP contribution in [-0.2, 0) is 6.42 Å². The number of aliphatic hydroxyl groups is 2. The van der Waals surface area contributed by atoms with Gasteiger partial charge < -0.3 is 10.2 Å². The maximum atomic E-state index is 10.0. The summed E-state index contributed by atoms with van der Waals surface area (Å²) in [6.45, 7) is 9.89. The fourth-order valence-corrected chi connectivity index (χ4v) is 2.12. The topological polar surface area (TPSA) is 40.5 Å². The molecule has 1 aromatic carbocycles. The van der Waals surface area contributed by atoms with Crippen molar-refractivity contribution in [2.75, 3.05) is 0 Å². The lowest BCUT2D eigenvalue weighted by atomic mass is 9.84. The van der Waals surface area contributed by atoms with Crippen molar-refractivity contribution in [3.8, 4) is 0 Å². The largest absolute Gasteiger partial charge is 0.390 e. The highest BCUT2D eigenvalue weighted by Gasteiger charge is 2.29. The second-order valence-electron chi connectivity index (χ2n) is 6.08. The Balaban J connectivity index is 2.77. The summed E-state index contributed by atoms with van der Waals surface area (Å²) in [6.07, 6.45) is -0.916. The molecule has 0 aromatic heterocycles. The highest BCUT2D eigenvalue weighted by atomic mass is 16.3. The van der Waals surface area contributed by atoms with E-state index in [1.807, 2.05) is 34.6 Å². The Morgan fingerprint density at radius 1 is 1.00 bits per heavy atom. The highest BCUT2D eigenvalue weighted by Crippen LogP contribution is 2.24. The van der Waals surface area contributed by atoms with Crippen molar-refractivity contribution < 1.29 is 10.2 Å². The molecule has 0 fully saturated rings. The van der Waals surface area contributed by atoms with E-state index < -0.39 is 12.2 Å². The Kier molecular flexibility index (Phi) is 4.34. The van der Waals surface area contributed by atoms with Crippen LogP contribution in [0.4, 0.5) is 0 Å². The van der Waals surface area contributed by atoms with Crippen molar-refractivity contribution >= 4 is 0 Å². The van der Waals surface area contributed by atoms with Crippen molar-refractivity contribution in [3.05, 3.63) is 34.9 Å². The fraction of sp³-hybridized carbons (Fsp3) is 0.600. The first-order valence-corrected chi connectivity index (χ1v) is 6.13. The maximum absolute atomic E-state index is 10.0. The Labute approximate surface area is 104 Å². The molecular weight excluding hydrogens is 212 g/mol. The van der Waals surface area contributed by atoms with Gasteiger partial charge in [-0.05, 0) is 24.8 Å². The molecule has 17 heavy (non-hydrogen) atoms. The summed E-state index contributed by atoms with van der Waals surface area (Å²) in [7, 11) is 0. The van der Waals surface area contributed by atoms with Crippen molar-refractivity contribution in [2.45, 2.75) is 53.2 Å².